The summed E-state index contributed by atoms with van der Waals surface area (Å²) in [5.41, 5.74) is 10.1. The quantitative estimate of drug-likeness (QED) is 0.211. The molecule has 0 aliphatic heterocycles. The highest BCUT2D eigenvalue weighted by Gasteiger charge is 2.15. The maximum absolute atomic E-state index is 2.22. The average molecular weight is 491 g/mol. The standard InChI is InChI=1S/C36H30N2/c1-3-11-29(12-4-1)27-33-15-7-9-17-35(33)37-23-19-31(20-24-37)32-21-25-38(26-22-32)36-18-10-8-16-34(36)28-30-13-5-2-6-14-30/h1-26H,27-28H2/q+2. The van der Waals surface area contributed by atoms with E-state index in [0.29, 0.717) is 0 Å². The molecule has 0 spiro atoms. The molecule has 2 heterocycles. The Balaban J connectivity index is 1.23. The Hall–Kier alpha value is -4.82. The Labute approximate surface area is 224 Å². The first-order valence-corrected chi connectivity index (χ1v) is 13.1. The second kappa shape index (κ2) is 11.1. The number of para-hydroxylation sites is 2. The Kier molecular flexibility index (Phi) is 6.86. The van der Waals surface area contributed by atoms with Crippen molar-refractivity contribution in [3.63, 3.8) is 0 Å². The molecular formula is C36H30N2+2. The van der Waals surface area contributed by atoms with E-state index < -0.39 is 0 Å². The molecule has 0 saturated heterocycles. The predicted molar refractivity (Wildman–Crippen MR) is 153 cm³/mol. The van der Waals surface area contributed by atoms with Crippen molar-refractivity contribution in [3.8, 4) is 22.5 Å². The van der Waals surface area contributed by atoms with E-state index in [2.05, 4.69) is 167 Å². The lowest BCUT2D eigenvalue weighted by Gasteiger charge is -2.07. The highest BCUT2D eigenvalue weighted by Crippen LogP contribution is 2.20. The van der Waals surface area contributed by atoms with Crippen molar-refractivity contribution in [3.05, 3.63) is 181 Å². The maximum atomic E-state index is 2.22. The van der Waals surface area contributed by atoms with Crippen LogP contribution in [-0.2, 0) is 12.8 Å². The Morgan fingerprint density at radius 3 is 1.08 bits per heavy atom. The molecule has 2 heteroatoms. The molecule has 0 radical (unpaired) electrons. The van der Waals surface area contributed by atoms with Gasteiger partial charge in [0.25, 0.3) is 0 Å². The number of rotatable bonds is 7. The number of nitrogens with zero attached hydrogens (tertiary/aromatic N) is 2. The molecule has 0 bridgehead atoms. The third kappa shape index (κ3) is 5.30. The SMILES string of the molecule is c1ccc(Cc2ccccc2-[n+]2ccc(-c3cc[n+](-c4ccccc4Cc4ccccc4)cc3)cc2)cc1. The molecule has 182 valence electrons. The van der Waals surface area contributed by atoms with Crippen molar-refractivity contribution in [2.75, 3.05) is 0 Å². The fraction of sp³-hybridized carbons (Fsp3) is 0.0556. The van der Waals surface area contributed by atoms with Gasteiger partial charge >= 0.3 is 0 Å². The predicted octanol–water partition coefficient (Wildman–Crippen LogP) is 7.09. The van der Waals surface area contributed by atoms with Crippen LogP contribution in [0.2, 0.25) is 0 Å². The number of pyridine rings is 2. The van der Waals surface area contributed by atoms with Gasteiger partial charge in [0, 0.05) is 60.4 Å². The smallest absolute Gasteiger partial charge is 0.167 e. The highest BCUT2D eigenvalue weighted by atomic mass is 14.9. The molecule has 0 aliphatic rings. The van der Waals surface area contributed by atoms with Crippen LogP contribution in [0.25, 0.3) is 22.5 Å². The van der Waals surface area contributed by atoms with Crippen molar-refractivity contribution in [1.82, 2.24) is 0 Å². The molecule has 0 fully saturated rings. The summed E-state index contributed by atoms with van der Waals surface area (Å²) in [5.74, 6) is 0. The minimum Gasteiger partial charge on any atom is -0.167 e. The molecule has 0 saturated carbocycles. The molecule has 4 aromatic carbocycles. The Bertz CT molecular complexity index is 1500. The zero-order valence-corrected chi connectivity index (χ0v) is 21.3. The number of hydrogen-bond acceptors (Lipinski definition) is 0. The topological polar surface area (TPSA) is 7.76 Å². The number of benzene rings is 4. The van der Waals surface area contributed by atoms with Crippen LogP contribution in [-0.4, -0.2) is 0 Å². The van der Waals surface area contributed by atoms with E-state index in [0.717, 1.165) is 12.8 Å². The van der Waals surface area contributed by atoms with E-state index in [1.807, 2.05) is 0 Å². The van der Waals surface area contributed by atoms with Crippen LogP contribution >= 0.6 is 0 Å². The van der Waals surface area contributed by atoms with Crippen LogP contribution in [0.15, 0.2) is 158 Å². The summed E-state index contributed by atoms with van der Waals surface area (Å²) in [6.45, 7) is 0. The Morgan fingerprint density at radius 1 is 0.342 bits per heavy atom. The van der Waals surface area contributed by atoms with E-state index in [1.165, 1.54) is 44.8 Å². The summed E-state index contributed by atoms with van der Waals surface area (Å²) in [6.07, 6.45) is 10.5. The van der Waals surface area contributed by atoms with Gasteiger partial charge in [-0.15, -0.1) is 0 Å². The summed E-state index contributed by atoms with van der Waals surface area (Å²) in [7, 11) is 0. The molecule has 0 aliphatic carbocycles. The molecule has 0 atom stereocenters. The van der Waals surface area contributed by atoms with E-state index in [1.54, 1.807) is 0 Å². The van der Waals surface area contributed by atoms with Gasteiger partial charge in [0.1, 0.15) is 0 Å². The van der Waals surface area contributed by atoms with Crippen LogP contribution in [0.3, 0.4) is 0 Å². The van der Waals surface area contributed by atoms with Gasteiger partial charge < -0.3 is 0 Å². The second-order valence-electron chi connectivity index (χ2n) is 9.57. The molecule has 2 aromatic heterocycles. The van der Waals surface area contributed by atoms with Crippen LogP contribution in [0.4, 0.5) is 0 Å². The van der Waals surface area contributed by atoms with E-state index >= 15 is 0 Å². The van der Waals surface area contributed by atoms with Gasteiger partial charge in [-0.2, -0.15) is 9.13 Å². The summed E-state index contributed by atoms with van der Waals surface area (Å²) >= 11 is 0. The zero-order chi connectivity index (χ0) is 25.6. The van der Waals surface area contributed by atoms with Crippen molar-refractivity contribution >= 4 is 0 Å². The van der Waals surface area contributed by atoms with Gasteiger partial charge in [-0.05, 0) is 22.3 Å². The van der Waals surface area contributed by atoms with Gasteiger partial charge in [-0.3, -0.25) is 0 Å². The maximum Gasteiger partial charge on any atom is 0.214 e. The lowest BCUT2D eigenvalue weighted by molar-refractivity contribution is -0.596. The van der Waals surface area contributed by atoms with Crippen LogP contribution in [0, 0.1) is 0 Å². The van der Waals surface area contributed by atoms with Crippen molar-refractivity contribution in [2.24, 2.45) is 0 Å². The van der Waals surface area contributed by atoms with Crippen LogP contribution in [0.5, 0.6) is 0 Å². The third-order valence-corrected chi connectivity index (χ3v) is 7.01. The van der Waals surface area contributed by atoms with Crippen molar-refractivity contribution in [1.29, 1.82) is 0 Å². The summed E-state index contributed by atoms with van der Waals surface area (Å²) in [6, 6.07) is 47.3. The molecule has 0 N–H and O–H groups in total. The minimum atomic E-state index is 0.913. The lowest BCUT2D eigenvalue weighted by Crippen LogP contribution is -2.31. The van der Waals surface area contributed by atoms with Crippen LogP contribution in [0.1, 0.15) is 22.3 Å². The molecule has 6 rings (SSSR count). The lowest BCUT2D eigenvalue weighted by atomic mass is 10.0. The third-order valence-electron chi connectivity index (χ3n) is 7.01. The second-order valence-corrected chi connectivity index (χ2v) is 9.57. The van der Waals surface area contributed by atoms with E-state index in [9.17, 15) is 0 Å². The van der Waals surface area contributed by atoms with Gasteiger partial charge in [0.15, 0.2) is 24.8 Å². The summed E-state index contributed by atoms with van der Waals surface area (Å²) in [4.78, 5) is 0. The fourth-order valence-corrected chi connectivity index (χ4v) is 5.01. The van der Waals surface area contributed by atoms with Crippen molar-refractivity contribution in [2.45, 2.75) is 12.8 Å². The normalized spacial score (nSPS) is 10.8. The van der Waals surface area contributed by atoms with Gasteiger partial charge in [-0.25, -0.2) is 0 Å². The molecule has 38 heavy (non-hydrogen) atoms. The largest absolute Gasteiger partial charge is 0.214 e. The van der Waals surface area contributed by atoms with E-state index in [-0.39, 0.29) is 0 Å². The summed E-state index contributed by atoms with van der Waals surface area (Å²) in [5, 5.41) is 0. The van der Waals surface area contributed by atoms with Crippen LogP contribution < -0.4 is 9.13 Å². The zero-order valence-electron chi connectivity index (χ0n) is 21.3. The molecule has 0 unspecified atom stereocenters. The fourth-order valence-electron chi connectivity index (χ4n) is 5.01. The number of hydrogen-bond donors (Lipinski definition) is 0. The average Bonchev–Trinajstić information content (AvgIpc) is 2.99. The van der Waals surface area contributed by atoms with E-state index in [4.69, 9.17) is 0 Å². The molecule has 0 amide bonds. The molecule has 6 aromatic rings. The Morgan fingerprint density at radius 2 is 0.684 bits per heavy atom. The highest BCUT2D eigenvalue weighted by molar-refractivity contribution is 5.61. The number of aromatic nitrogens is 2. The first-order chi connectivity index (χ1) is 18.8. The van der Waals surface area contributed by atoms with Gasteiger partial charge in [0.2, 0.25) is 11.4 Å². The molecular weight excluding hydrogens is 460 g/mol. The minimum absolute atomic E-state index is 0.913. The summed E-state index contributed by atoms with van der Waals surface area (Å²) < 4.78 is 4.43. The van der Waals surface area contributed by atoms with Gasteiger partial charge in [0.05, 0.1) is 0 Å². The monoisotopic (exact) mass is 490 g/mol. The first kappa shape index (κ1) is 23.6. The van der Waals surface area contributed by atoms with Crippen molar-refractivity contribution < 1.29 is 9.13 Å². The first-order valence-electron chi connectivity index (χ1n) is 13.1. The molecule has 2 nitrogen and oxygen atoms in total. The van der Waals surface area contributed by atoms with Gasteiger partial charge in [-0.1, -0.05) is 97.1 Å².